The third-order valence-electron chi connectivity index (χ3n) is 3.70. The van der Waals surface area contributed by atoms with E-state index < -0.39 is 10.0 Å². The maximum absolute atomic E-state index is 12.3. The summed E-state index contributed by atoms with van der Waals surface area (Å²) in [6, 6.07) is 7.58. The molecule has 1 saturated carbocycles. The molecule has 0 spiro atoms. The molecule has 0 radical (unpaired) electrons. The van der Waals surface area contributed by atoms with Crippen LogP contribution >= 0.6 is 23.2 Å². The molecular weight excluding hydrogens is 373 g/mol. The molecule has 1 fully saturated rings. The molecule has 1 heterocycles. The van der Waals surface area contributed by atoms with E-state index in [2.05, 4.69) is 9.82 Å². The van der Waals surface area contributed by atoms with Crippen molar-refractivity contribution >= 4 is 33.2 Å². The summed E-state index contributed by atoms with van der Waals surface area (Å²) in [5, 5.41) is 4.41. The number of hydrogen-bond donors (Lipinski definition) is 1. The highest BCUT2D eigenvalue weighted by atomic mass is 35.5. The summed E-state index contributed by atoms with van der Waals surface area (Å²) in [7, 11) is -3.82. The van der Waals surface area contributed by atoms with Gasteiger partial charge in [0.2, 0.25) is 10.0 Å². The van der Waals surface area contributed by atoms with Gasteiger partial charge in [-0.05, 0) is 31.0 Å². The molecule has 3 rings (SSSR count). The summed E-state index contributed by atoms with van der Waals surface area (Å²) in [6.45, 7) is 0.156. The highest BCUT2D eigenvalue weighted by Crippen LogP contribution is 2.38. The van der Waals surface area contributed by atoms with Crippen LogP contribution in [0.15, 0.2) is 40.0 Å². The third kappa shape index (κ3) is 3.80. The third-order valence-corrected chi connectivity index (χ3v) is 6.14. The summed E-state index contributed by atoms with van der Waals surface area (Å²) < 4.78 is 28.3. The molecule has 1 N–H and O–H groups in total. The van der Waals surface area contributed by atoms with Crippen LogP contribution in [0.3, 0.4) is 0 Å². The normalized spacial score (nSPS) is 14.8. The van der Waals surface area contributed by atoms with Gasteiger partial charge in [0.05, 0.1) is 22.3 Å². The van der Waals surface area contributed by atoms with Crippen molar-refractivity contribution in [1.82, 2.24) is 14.5 Å². The van der Waals surface area contributed by atoms with E-state index >= 15 is 0 Å². The summed E-state index contributed by atoms with van der Waals surface area (Å²) >= 11 is 11.8. The zero-order valence-corrected chi connectivity index (χ0v) is 14.9. The number of aromatic nitrogens is 2. The van der Waals surface area contributed by atoms with Crippen LogP contribution in [-0.4, -0.2) is 24.7 Å². The van der Waals surface area contributed by atoms with Crippen LogP contribution in [0.1, 0.15) is 24.5 Å². The SMILES string of the molecule is O=c1ccc(C2CC2)nn1CCNS(=O)(=O)c1cccc(Cl)c1Cl. The van der Waals surface area contributed by atoms with Gasteiger partial charge in [-0.3, -0.25) is 4.79 Å². The van der Waals surface area contributed by atoms with Crippen LogP contribution in [0.5, 0.6) is 0 Å². The number of sulfonamides is 1. The summed E-state index contributed by atoms with van der Waals surface area (Å²) in [6.07, 6.45) is 2.15. The second-order valence-corrected chi connectivity index (χ2v) is 8.06. The molecule has 1 aromatic heterocycles. The minimum absolute atomic E-state index is 0.0200. The van der Waals surface area contributed by atoms with Gasteiger partial charge in [-0.15, -0.1) is 0 Å². The highest BCUT2D eigenvalue weighted by molar-refractivity contribution is 7.89. The molecule has 2 aromatic rings. The van der Waals surface area contributed by atoms with Crippen LogP contribution in [0, 0.1) is 0 Å². The molecule has 0 saturated heterocycles. The first-order valence-electron chi connectivity index (χ1n) is 7.40. The van der Waals surface area contributed by atoms with Crippen LogP contribution in [0.4, 0.5) is 0 Å². The monoisotopic (exact) mass is 387 g/mol. The fraction of sp³-hybridized carbons (Fsp3) is 0.333. The van der Waals surface area contributed by atoms with Gasteiger partial charge in [-0.25, -0.2) is 17.8 Å². The smallest absolute Gasteiger partial charge is 0.266 e. The van der Waals surface area contributed by atoms with Crippen LogP contribution < -0.4 is 10.3 Å². The molecule has 0 aliphatic heterocycles. The molecule has 0 unspecified atom stereocenters. The fourth-order valence-electron chi connectivity index (χ4n) is 2.28. The van der Waals surface area contributed by atoms with Crippen molar-refractivity contribution in [2.75, 3.05) is 6.54 Å². The molecule has 6 nitrogen and oxygen atoms in total. The largest absolute Gasteiger partial charge is 0.268 e. The van der Waals surface area contributed by atoms with E-state index in [-0.39, 0.29) is 33.6 Å². The minimum Gasteiger partial charge on any atom is -0.268 e. The molecular formula is C15H15Cl2N3O3S. The summed E-state index contributed by atoms with van der Waals surface area (Å²) in [5.74, 6) is 0.416. The quantitative estimate of drug-likeness (QED) is 0.824. The van der Waals surface area contributed by atoms with Crippen LogP contribution in [0.25, 0.3) is 0 Å². The molecule has 9 heteroatoms. The lowest BCUT2D eigenvalue weighted by molar-refractivity contribution is 0.541. The minimum atomic E-state index is -3.82. The average molecular weight is 388 g/mol. The highest BCUT2D eigenvalue weighted by Gasteiger charge is 2.25. The van der Waals surface area contributed by atoms with Gasteiger partial charge in [0.25, 0.3) is 5.56 Å². The number of nitrogens with one attached hydrogen (secondary N) is 1. The molecule has 24 heavy (non-hydrogen) atoms. The van der Waals surface area contributed by atoms with E-state index in [9.17, 15) is 13.2 Å². The number of benzene rings is 1. The van der Waals surface area contributed by atoms with Gasteiger partial charge in [-0.2, -0.15) is 5.10 Å². The first-order chi connectivity index (χ1) is 11.4. The van der Waals surface area contributed by atoms with Gasteiger partial charge >= 0.3 is 0 Å². The summed E-state index contributed by atoms with van der Waals surface area (Å²) in [5.41, 5.74) is 0.606. The summed E-state index contributed by atoms with van der Waals surface area (Å²) in [4.78, 5) is 11.7. The lowest BCUT2D eigenvalue weighted by Crippen LogP contribution is -2.32. The Morgan fingerprint density at radius 1 is 1.21 bits per heavy atom. The van der Waals surface area contributed by atoms with E-state index in [0.29, 0.717) is 5.92 Å². The Morgan fingerprint density at radius 2 is 1.96 bits per heavy atom. The maximum Gasteiger partial charge on any atom is 0.266 e. The Morgan fingerprint density at radius 3 is 2.67 bits per heavy atom. The van der Waals surface area contributed by atoms with E-state index in [0.717, 1.165) is 18.5 Å². The molecule has 0 amide bonds. The maximum atomic E-state index is 12.3. The topological polar surface area (TPSA) is 81.1 Å². The van der Waals surface area contributed by atoms with Gasteiger partial charge in [0.1, 0.15) is 4.90 Å². The Kier molecular flexibility index (Phi) is 4.96. The first-order valence-corrected chi connectivity index (χ1v) is 9.64. The van der Waals surface area contributed by atoms with Gasteiger partial charge in [0, 0.05) is 18.5 Å². The van der Waals surface area contributed by atoms with Crippen LogP contribution in [-0.2, 0) is 16.6 Å². The molecule has 1 aliphatic carbocycles. The van der Waals surface area contributed by atoms with Gasteiger partial charge < -0.3 is 0 Å². The van der Waals surface area contributed by atoms with E-state index in [4.69, 9.17) is 23.2 Å². The zero-order valence-electron chi connectivity index (χ0n) is 12.6. The molecule has 1 aliphatic rings. The number of hydrogen-bond acceptors (Lipinski definition) is 4. The molecule has 0 bridgehead atoms. The molecule has 128 valence electrons. The van der Waals surface area contributed by atoms with Gasteiger partial charge in [-0.1, -0.05) is 29.3 Å². The van der Waals surface area contributed by atoms with E-state index in [1.54, 1.807) is 6.07 Å². The predicted octanol–water partition coefficient (Wildman–Crippen LogP) is 2.41. The Hall–Kier alpha value is -1.41. The fourth-order valence-corrected chi connectivity index (χ4v) is 4.06. The predicted molar refractivity (Wildman–Crippen MR) is 92.1 cm³/mol. The van der Waals surface area contributed by atoms with E-state index in [1.165, 1.54) is 28.9 Å². The van der Waals surface area contributed by atoms with E-state index in [1.807, 2.05) is 0 Å². The van der Waals surface area contributed by atoms with Gasteiger partial charge in [0.15, 0.2) is 0 Å². The van der Waals surface area contributed by atoms with Crippen molar-refractivity contribution in [3.63, 3.8) is 0 Å². The number of halogens is 2. The first kappa shape index (κ1) is 17.4. The van der Waals surface area contributed by atoms with Crippen molar-refractivity contribution in [1.29, 1.82) is 0 Å². The van der Waals surface area contributed by atoms with Crippen molar-refractivity contribution < 1.29 is 8.42 Å². The molecule has 0 atom stereocenters. The lowest BCUT2D eigenvalue weighted by atomic mass is 10.3. The Balaban J connectivity index is 1.71. The van der Waals surface area contributed by atoms with Crippen molar-refractivity contribution in [2.45, 2.75) is 30.2 Å². The van der Waals surface area contributed by atoms with Crippen LogP contribution in [0.2, 0.25) is 10.0 Å². The molecule has 1 aromatic carbocycles. The zero-order chi connectivity index (χ0) is 17.3. The second-order valence-electron chi connectivity index (χ2n) is 5.54. The Labute approximate surface area is 149 Å². The second kappa shape index (κ2) is 6.84. The average Bonchev–Trinajstić information content (AvgIpc) is 3.36. The van der Waals surface area contributed by atoms with Crippen molar-refractivity contribution in [3.05, 3.63) is 56.4 Å². The lowest BCUT2D eigenvalue weighted by Gasteiger charge is -2.10. The Bertz CT molecular complexity index is 924. The van der Waals surface area contributed by atoms with Crippen molar-refractivity contribution in [2.24, 2.45) is 0 Å². The number of nitrogens with zero attached hydrogens (tertiary/aromatic N) is 2. The number of rotatable bonds is 6. The standard InChI is InChI=1S/C15H15Cl2N3O3S/c16-11-2-1-3-13(15(11)17)24(22,23)18-8-9-20-14(21)7-6-12(19-20)10-4-5-10/h1-3,6-7,10,18H,4-5,8-9H2. The van der Waals surface area contributed by atoms with Crippen molar-refractivity contribution in [3.8, 4) is 0 Å².